The van der Waals surface area contributed by atoms with Crippen molar-refractivity contribution in [2.24, 2.45) is 0 Å². The van der Waals surface area contributed by atoms with Gasteiger partial charge in [0.05, 0.1) is 6.61 Å². The van der Waals surface area contributed by atoms with Crippen molar-refractivity contribution in [3.8, 4) is 11.1 Å². The van der Waals surface area contributed by atoms with Gasteiger partial charge in [-0.3, -0.25) is 0 Å². The lowest BCUT2D eigenvalue weighted by atomic mass is 10.0. The first-order valence-electron chi connectivity index (χ1n) is 5.93. The van der Waals surface area contributed by atoms with Crippen LogP contribution in [0.3, 0.4) is 0 Å². The number of halogens is 2. The maximum absolute atomic E-state index is 13.3. The largest absolute Gasteiger partial charge is 0.395 e. The van der Waals surface area contributed by atoms with Gasteiger partial charge in [0.25, 0.3) is 0 Å². The Morgan fingerprint density at radius 2 is 2.16 bits per heavy atom. The van der Waals surface area contributed by atoms with Crippen LogP contribution in [0.1, 0.15) is 5.56 Å². The molecular weight excluding hydrogens is 267 g/mol. The molecule has 1 aromatic carbocycles. The SMILES string of the molecule is OCCNCc1c(-c2cccc(F)c2)ccnc1Cl. The van der Waals surface area contributed by atoms with E-state index in [1.165, 1.54) is 12.1 Å². The molecule has 0 atom stereocenters. The van der Waals surface area contributed by atoms with Gasteiger partial charge in [-0.15, -0.1) is 0 Å². The van der Waals surface area contributed by atoms with E-state index >= 15 is 0 Å². The average Bonchev–Trinajstić information content (AvgIpc) is 2.41. The van der Waals surface area contributed by atoms with Crippen molar-refractivity contribution < 1.29 is 9.50 Å². The summed E-state index contributed by atoms with van der Waals surface area (Å²) in [6, 6.07) is 8.14. The van der Waals surface area contributed by atoms with E-state index in [2.05, 4.69) is 10.3 Å². The molecule has 5 heteroatoms. The molecule has 0 saturated carbocycles. The van der Waals surface area contributed by atoms with E-state index in [4.69, 9.17) is 16.7 Å². The van der Waals surface area contributed by atoms with Gasteiger partial charge in [-0.05, 0) is 29.3 Å². The Morgan fingerprint density at radius 1 is 1.32 bits per heavy atom. The number of pyridine rings is 1. The molecule has 0 radical (unpaired) electrons. The zero-order chi connectivity index (χ0) is 13.7. The summed E-state index contributed by atoms with van der Waals surface area (Å²) < 4.78 is 13.3. The Hall–Kier alpha value is -1.49. The number of nitrogens with one attached hydrogen (secondary N) is 1. The fourth-order valence-corrected chi connectivity index (χ4v) is 2.08. The summed E-state index contributed by atoms with van der Waals surface area (Å²) in [6.45, 7) is 0.986. The quantitative estimate of drug-likeness (QED) is 0.654. The van der Waals surface area contributed by atoms with Crippen LogP contribution in [-0.2, 0) is 6.54 Å². The fraction of sp³-hybridized carbons (Fsp3) is 0.214. The Kier molecular flexibility index (Phi) is 4.85. The van der Waals surface area contributed by atoms with Crippen molar-refractivity contribution in [2.45, 2.75) is 6.54 Å². The highest BCUT2D eigenvalue weighted by Gasteiger charge is 2.10. The maximum atomic E-state index is 13.3. The molecule has 0 amide bonds. The lowest BCUT2D eigenvalue weighted by Crippen LogP contribution is -2.18. The molecule has 0 fully saturated rings. The molecule has 1 aromatic heterocycles. The van der Waals surface area contributed by atoms with E-state index in [1.54, 1.807) is 18.3 Å². The summed E-state index contributed by atoms with van der Waals surface area (Å²) in [5, 5.41) is 12.2. The Balaban J connectivity index is 2.36. The molecule has 3 nitrogen and oxygen atoms in total. The molecule has 0 aliphatic heterocycles. The lowest BCUT2D eigenvalue weighted by molar-refractivity contribution is 0.292. The molecule has 0 aliphatic carbocycles. The third-order valence-corrected chi connectivity index (χ3v) is 3.05. The molecule has 0 spiro atoms. The molecule has 0 unspecified atom stereocenters. The second-order valence-electron chi connectivity index (χ2n) is 4.04. The summed E-state index contributed by atoms with van der Waals surface area (Å²) in [7, 11) is 0. The highest BCUT2D eigenvalue weighted by molar-refractivity contribution is 6.30. The third-order valence-electron chi connectivity index (χ3n) is 2.73. The van der Waals surface area contributed by atoms with Crippen LogP contribution in [0, 0.1) is 5.82 Å². The maximum Gasteiger partial charge on any atom is 0.134 e. The second kappa shape index (κ2) is 6.61. The van der Waals surface area contributed by atoms with Crippen LogP contribution in [-0.4, -0.2) is 23.2 Å². The van der Waals surface area contributed by atoms with Gasteiger partial charge >= 0.3 is 0 Å². The monoisotopic (exact) mass is 280 g/mol. The lowest BCUT2D eigenvalue weighted by Gasteiger charge is -2.11. The summed E-state index contributed by atoms with van der Waals surface area (Å²) in [5.74, 6) is -0.292. The number of hydrogen-bond acceptors (Lipinski definition) is 3. The third kappa shape index (κ3) is 3.50. The van der Waals surface area contributed by atoms with E-state index in [0.717, 1.165) is 16.7 Å². The minimum absolute atomic E-state index is 0.0488. The summed E-state index contributed by atoms with van der Waals surface area (Å²) in [5.41, 5.74) is 2.39. The number of rotatable bonds is 5. The first-order valence-corrected chi connectivity index (χ1v) is 6.31. The minimum atomic E-state index is -0.292. The zero-order valence-electron chi connectivity index (χ0n) is 10.2. The van der Waals surface area contributed by atoms with E-state index in [1.807, 2.05) is 6.07 Å². The summed E-state index contributed by atoms with van der Waals surface area (Å²) in [4.78, 5) is 4.04. The summed E-state index contributed by atoms with van der Waals surface area (Å²) in [6.07, 6.45) is 1.60. The number of aliphatic hydroxyl groups is 1. The molecular formula is C14H14ClFN2O. The van der Waals surface area contributed by atoms with Crippen LogP contribution < -0.4 is 5.32 Å². The van der Waals surface area contributed by atoms with E-state index < -0.39 is 0 Å². The van der Waals surface area contributed by atoms with Crippen LogP contribution in [0.15, 0.2) is 36.5 Å². The number of nitrogens with zero attached hydrogens (tertiary/aromatic N) is 1. The van der Waals surface area contributed by atoms with Crippen LogP contribution in [0.25, 0.3) is 11.1 Å². The second-order valence-corrected chi connectivity index (χ2v) is 4.40. The van der Waals surface area contributed by atoms with Gasteiger partial charge in [0.15, 0.2) is 0 Å². The Bertz CT molecular complexity index is 563. The Labute approximate surface area is 116 Å². The molecule has 100 valence electrons. The van der Waals surface area contributed by atoms with Gasteiger partial charge < -0.3 is 10.4 Å². The topological polar surface area (TPSA) is 45.1 Å². The zero-order valence-corrected chi connectivity index (χ0v) is 11.0. The van der Waals surface area contributed by atoms with Gasteiger partial charge in [-0.25, -0.2) is 9.37 Å². The number of aliphatic hydroxyl groups excluding tert-OH is 1. The van der Waals surface area contributed by atoms with Gasteiger partial charge in [-0.1, -0.05) is 23.7 Å². The van der Waals surface area contributed by atoms with Crippen LogP contribution >= 0.6 is 11.6 Å². The van der Waals surface area contributed by atoms with Gasteiger partial charge in [0.2, 0.25) is 0 Å². The molecule has 0 saturated heterocycles. The Morgan fingerprint density at radius 3 is 2.89 bits per heavy atom. The van der Waals surface area contributed by atoms with E-state index in [9.17, 15) is 4.39 Å². The molecule has 2 aromatic rings. The van der Waals surface area contributed by atoms with Crippen molar-refractivity contribution in [1.82, 2.24) is 10.3 Å². The van der Waals surface area contributed by atoms with Gasteiger partial charge in [-0.2, -0.15) is 0 Å². The number of hydrogen-bond donors (Lipinski definition) is 2. The van der Waals surface area contributed by atoms with Crippen molar-refractivity contribution >= 4 is 11.6 Å². The smallest absolute Gasteiger partial charge is 0.134 e. The normalized spacial score (nSPS) is 10.7. The van der Waals surface area contributed by atoms with Crippen molar-refractivity contribution in [2.75, 3.05) is 13.2 Å². The number of aromatic nitrogens is 1. The first kappa shape index (κ1) is 13.9. The number of benzene rings is 1. The predicted octanol–water partition coefficient (Wildman–Crippen LogP) is 2.62. The van der Waals surface area contributed by atoms with Crippen molar-refractivity contribution in [3.63, 3.8) is 0 Å². The molecule has 2 rings (SSSR count). The molecule has 0 aliphatic rings. The van der Waals surface area contributed by atoms with Crippen molar-refractivity contribution in [1.29, 1.82) is 0 Å². The molecule has 1 heterocycles. The standard InChI is InChI=1S/C14H14ClFN2O/c15-14-13(9-17-6-7-19)12(4-5-18-14)10-2-1-3-11(16)8-10/h1-5,8,17,19H,6-7,9H2. The van der Waals surface area contributed by atoms with E-state index in [0.29, 0.717) is 18.2 Å². The minimum Gasteiger partial charge on any atom is -0.395 e. The van der Waals surface area contributed by atoms with Crippen molar-refractivity contribution in [3.05, 3.63) is 53.1 Å². The molecule has 2 N–H and O–H groups in total. The first-order chi connectivity index (χ1) is 9.22. The van der Waals surface area contributed by atoms with Gasteiger partial charge in [0, 0.05) is 24.8 Å². The fourth-order valence-electron chi connectivity index (χ4n) is 1.85. The highest BCUT2D eigenvalue weighted by atomic mass is 35.5. The van der Waals surface area contributed by atoms with Crippen LogP contribution in [0.5, 0.6) is 0 Å². The molecule has 0 bridgehead atoms. The van der Waals surface area contributed by atoms with Gasteiger partial charge in [0.1, 0.15) is 11.0 Å². The van der Waals surface area contributed by atoms with Crippen LogP contribution in [0.2, 0.25) is 5.15 Å². The van der Waals surface area contributed by atoms with Crippen LogP contribution in [0.4, 0.5) is 4.39 Å². The molecule has 19 heavy (non-hydrogen) atoms. The average molecular weight is 281 g/mol. The predicted molar refractivity (Wildman–Crippen MR) is 73.4 cm³/mol. The van der Waals surface area contributed by atoms with E-state index in [-0.39, 0.29) is 12.4 Å². The summed E-state index contributed by atoms with van der Waals surface area (Å²) >= 11 is 6.09. The highest BCUT2D eigenvalue weighted by Crippen LogP contribution is 2.28.